The van der Waals surface area contributed by atoms with E-state index in [0.29, 0.717) is 5.41 Å². The van der Waals surface area contributed by atoms with Crippen LogP contribution in [0.2, 0.25) is 0 Å². The van der Waals surface area contributed by atoms with E-state index in [4.69, 9.17) is 0 Å². The van der Waals surface area contributed by atoms with Crippen molar-refractivity contribution in [2.24, 2.45) is 11.3 Å². The van der Waals surface area contributed by atoms with Crippen LogP contribution in [0.25, 0.3) is 0 Å². The van der Waals surface area contributed by atoms with Crippen LogP contribution >= 0.6 is 0 Å². The minimum atomic E-state index is 0.389. The number of nitrogens with zero attached hydrogens (tertiary/aromatic N) is 1. The Balaban J connectivity index is 2.31. The van der Waals surface area contributed by atoms with Gasteiger partial charge < -0.3 is 4.90 Å². The summed E-state index contributed by atoms with van der Waals surface area (Å²) >= 11 is 0. The predicted octanol–water partition coefficient (Wildman–Crippen LogP) is 3.42. The summed E-state index contributed by atoms with van der Waals surface area (Å²) in [6, 6.07) is 0.793. The smallest absolute Gasteiger partial charge is 0.0320 e. The van der Waals surface area contributed by atoms with Gasteiger partial charge in [0.05, 0.1) is 0 Å². The topological polar surface area (TPSA) is 3.24 Å². The summed E-state index contributed by atoms with van der Waals surface area (Å²) < 4.78 is 0. The molecule has 1 nitrogen and oxygen atoms in total. The molecule has 1 aliphatic heterocycles. The predicted molar refractivity (Wildman–Crippen MR) is 61.0 cm³/mol. The highest BCUT2D eigenvalue weighted by atomic mass is 15.2. The van der Waals surface area contributed by atoms with E-state index in [1.54, 1.807) is 0 Å². The fourth-order valence-electron chi connectivity index (χ4n) is 3.60. The average molecular weight is 193 g/mol. The van der Waals surface area contributed by atoms with Crippen LogP contribution in [0.4, 0.5) is 0 Å². The lowest BCUT2D eigenvalue weighted by Crippen LogP contribution is -2.33. The lowest BCUT2D eigenvalue weighted by Gasteiger charge is -2.35. The second-order valence-electron chi connectivity index (χ2n) is 5.29. The van der Waals surface area contributed by atoms with Crippen LogP contribution < -0.4 is 0 Å². The van der Waals surface area contributed by atoms with Crippen molar-refractivity contribution in [3.05, 3.63) is 12.3 Å². The van der Waals surface area contributed by atoms with Gasteiger partial charge in [-0.3, -0.25) is 0 Å². The first-order valence-electron chi connectivity index (χ1n) is 6.03. The highest BCUT2D eigenvalue weighted by Crippen LogP contribution is 2.53. The van der Waals surface area contributed by atoms with Gasteiger partial charge in [-0.15, -0.1) is 0 Å². The van der Waals surface area contributed by atoms with Gasteiger partial charge in [0.2, 0.25) is 0 Å². The van der Waals surface area contributed by atoms with Crippen molar-refractivity contribution in [3.8, 4) is 0 Å². The maximum atomic E-state index is 4.31. The summed E-state index contributed by atoms with van der Waals surface area (Å²) in [7, 11) is 2.24. The molecule has 14 heavy (non-hydrogen) atoms. The first kappa shape index (κ1) is 10.1. The van der Waals surface area contributed by atoms with Crippen molar-refractivity contribution in [1.29, 1.82) is 0 Å². The number of hydrogen-bond donors (Lipinski definition) is 0. The first-order chi connectivity index (χ1) is 6.61. The Bertz CT molecular complexity index is 246. The van der Waals surface area contributed by atoms with E-state index in [0.717, 1.165) is 12.0 Å². The molecule has 0 amide bonds. The Hall–Kier alpha value is -0.460. The zero-order valence-electron chi connectivity index (χ0n) is 9.84. The molecule has 2 rings (SSSR count). The summed E-state index contributed by atoms with van der Waals surface area (Å²) in [6.07, 6.45) is 6.89. The van der Waals surface area contributed by atoms with E-state index in [1.165, 1.54) is 37.8 Å². The van der Waals surface area contributed by atoms with E-state index >= 15 is 0 Å². The molecule has 1 heterocycles. The fraction of sp³-hybridized carbons (Fsp3) is 0.846. The molecule has 2 fully saturated rings. The average Bonchev–Trinajstić information content (AvgIpc) is 2.43. The van der Waals surface area contributed by atoms with Gasteiger partial charge in [-0.2, -0.15) is 0 Å². The fourth-order valence-corrected chi connectivity index (χ4v) is 3.60. The highest BCUT2D eigenvalue weighted by Gasteiger charge is 2.49. The Kier molecular flexibility index (Phi) is 2.36. The molecule has 1 saturated heterocycles. The van der Waals surface area contributed by atoms with E-state index < -0.39 is 0 Å². The number of hydrogen-bond acceptors (Lipinski definition) is 1. The molecule has 1 saturated carbocycles. The van der Waals surface area contributed by atoms with Crippen LogP contribution in [0.5, 0.6) is 0 Å². The van der Waals surface area contributed by atoms with Crippen LogP contribution in [0.15, 0.2) is 12.3 Å². The van der Waals surface area contributed by atoms with Crippen molar-refractivity contribution in [2.75, 3.05) is 7.05 Å². The van der Waals surface area contributed by atoms with Gasteiger partial charge >= 0.3 is 0 Å². The van der Waals surface area contributed by atoms with Gasteiger partial charge in [-0.1, -0.05) is 33.3 Å². The number of rotatable bonds is 1. The number of fused-ring (bicyclic) bond motifs is 1. The van der Waals surface area contributed by atoms with E-state index in [-0.39, 0.29) is 0 Å². The lowest BCUT2D eigenvalue weighted by atomic mass is 9.68. The van der Waals surface area contributed by atoms with Crippen molar-refractivity contribution in [3.63, 3.8) is 0 Å². The van der Waals surface area contributed by atoms with Crippen molar-refractivity contribution in [2.45, 2.75) is 52.0 Å². The van der Waals surface area contributed by atoms with Crippen LogP contribution in [-0.2, 0) is 0 Å². The van der Waals surface area contributed by atoms with Gasteiger partial charge in [0, 0.05) is 24.2 Å². The van der Waals surface area contributed by atoms with Crippen LogP contribution in [-0.4, -0.2) is 18.0 Å². The summed E-state index contributed by atoms with van der Waals surface area (Å²) in [5.41, 5.74) is 1.77. The molecule has 0 bridgehead atoms. The SMILES string of the molecule is C=C1N(C)C2CCCCC2C1(C)CC. The normalized spacial score (nSPS) is 42.8. The molecule has 2 aliphatic rings. The second-order valence-corrected chi connectivity index (χ2v) is 5.29. The molecule has 0 N–H and O–H groups in total. The molecule has 3 unspecified atom stereocenters. The molecule has 3 atom stereocenters. The highest BCUT2D eigenvalue weighted by molar-refractivity contribution is 5.19. The monoisotopic (exact) mass is 193 g/mol. The third-order valence-corrected chi connectivity index (χ3v) is 4.86. The van der Waals surface area contributed by atoms with E-state index in [9.17, 15) is 0 Å². The summed E-state index contributed by atoms with van der Waals surface area (Å²) in [5, 5.41) is 0. The molecule has 0 spiro atoms. The first-order valence-corrected chi connectivity index (χ1v) is 6.03. The minimum absolute atomic E-state index is 0.389. The number of allylic oxidation sites excluding steroid dienone is 1. The molecule has 0 aromatic rings. The Labute approximate surface area is 88.2 Å². The molecular formula is C13H23N. The molecule has 0 aromatic heterocycles. The molecule has 80 valence electrons. The van der Waals surface area contributed by atoms with E-state index in [1.807, 2.05) is 0 Å². The number of likely N-dealkylation sites (tertiary alicyclic amines) is 1. The van der Waals surface area contributed by atoms with Gasteiger partial charge in [-0.05, 0) is 25.2 Å². The third-order valence-electron chi connectivity index (χ3n) is 4.86. The quantitative estimate of drug-likeness (QED) is 0.617. The van der Waals surface area contributed by atoms with Crippen molar-refractivity contribution in [1.82, 2.24) is 4.90 Å². The Morgan fingerprint density at radius 3 is 2.71 bits per heavy atom. The van der Waals surface area contributed by atoms with Crippen LogP contribution in [0.3, 0.4) is 0 Å². The standard InChI is InChI=1S/C13H23N/c1-5-13(3)10(2)14(4)12-9-7-6-8-11(12)13/h11-12H,2,5-9H2,1,3-4H3. The largest absolute Gasteiger partial charge is 0.375 e. The van der Waals surface area contributed by atoms with Gasteiger partial charge in [-0.25, -0.2) is 0 Å². The second kappa shape index (κ2) is 3.29. The zero-order valence-corrected chi connectivity index (χ0v) is 9.84. The lowest BCUT2D eigenvalue weighted by molar-refractivity contribution is 0.170. The summed E-state index contributed by atoms with van der Waals surface area (Å²) in [4.78, 5) is 2.47. The molecule has 0 radical (unpaired) electrons. The van der Waals surface area contributed by atoms with Gasteiger partial charge in [0.1, 0.15) is 0 Å². The van der Waals surface area contributed by atoms with Crippen LogP contribution in [0.1, 0.15) is 46.0 Å². The van der Waals surface area contributed by atoms with Gasteiger partial charge in [0.15, 0.2) is 0 Å². The zero-order chi connectivity index (χ0) is 10.3. The minimum Gasteiger partial charge on any atom is -0.375 e. The molecule has 0 aromatic carbocycles. The maximum absolute atomic E-state index is 4.31. The maximum Gasteiger partial charge on any atom is 0.0320 e. The third kappa shape index (κ3) is 1.14. The van der Waals surface area contributed by atoms with Crippen molar-refractivity contribution >= 4 is 0 Å². The molecule has 1 aliphatic carbocycles. The Morgan fingerprint density at radius 1 is 1.43 bits per heavy atom. The van der Waals surface area contributed by atoms with E-state index in [2.05, 4.69) is 32.4 Å². The summed E-state index contributed by atoms with van der Waals surface area (Å²) in [5.74, 6) is 0.874. The molecular weight excluding hydrogens is 170 g/mol. The van der Waals surface area contributed by atoms with Crippen molar-refractivity contribution < 1.29 is 0 Å². The van der Waals surface area contributed by atoms with Crippen LogP contribution in [0, 0.1) is 11.3 Å². The molecule has 1 heteroatoms. The Morgan fingerprint density at radius 2 is 2.07 bits per heavy atom. The summed E-state index contributed by atoms with van der Waals surface area (Å²) in [6.45, 7) is 9.04. The van der Waals surface area contributed by atoms with Gasteiger partial charge in [0.25, 0.3) is 0 Å².